The third-order valence-electron chi connectivity index (χ3n) is 14.0. The number of fused-ring (bicyclic) bond motifs is 7. The number of carbonyl (C=O) groups is 2. The number of hydrogen-bond acceptors (Lipinski definition) is 4. The van der Waals surface area contributed by atoms with Gasteiger partial charge in [-0.25, -0.2) is 0 Å². The van der Waals surface area contributed by atoms with Crippen LogP contribution in [0.1, 0.15) is 133 Å². The van der Waals surface area contributed by atoms with E-state index in [-0.39, 0.29) is 45.1 Å². The molecular weight excluding hydrogens is 484 g/mol. The molecule has 0 radical (unpaired) electrons. The van der Waals surface area contributed by atoms with E-state index in [1.807, 2.05) is 0 Å². The van der Waals surface area contributed by atoms with Crippen molar-refractivity contribution in [1.29, 1.82) is 0 Å². The molecule has 0 aliphatic heterocycles. The van der Waals surface area contributed by atoms with Crippen molar-refractivity contribution in [2.75, 3.05) is 6.61 Å². The molecule has 0 amide bonds. The van der Waals surface area contributed by atoms with Gasteiger partial charge in [0.05, 0.1) is 6.61 Å². The highest BCUT2D eigenvalue weighted by Gasteiger charge is 2.68. The zero-order chi connectivity index (χ0) is 28.6. The van der Waals surface area contributed by atoms with Gasteiger partial charge in [-0.15, -0.1) is 0 Å². The molecule has 5 aliphatic carbocycles. The molecule has 1 unspecified atom stereocenters. The molecule has 5 aliphatic rings. The lowest BCUT2D eigenvalue weighted by Gasteiger charge is -2.71. The van der Waals surface area contributed by atoms with Crippen LogP contribution in [0.2, 0.25) is 0 Å². The first-order chi connectivity index (χ1) is 18.0. The summed E-state index contributed by atoms with van der Waals surface area (Å²) in [6.07, 6.45) is 15.9. The second-order valence-electron chi connectivity index (χ2n) is 16.6. The van der Waals surface area contributed by atoms with Gasteiger partial charge in [0.1, 0.15) is 6.10 Å². The van der Waals surface area contributed by atoms with Crippen LogP contribution in [0.25, 0.3) is 0 Å². The van der Waals surface area contributed by atoms with Crippen molar-refractivity contribution in [2.24, 2.45) is 50.2 Å². The zero-order valence-electron chi connectivity index (χ0n) is 26.5. The minimum atomic E-state index is -0.150. The van der Waals surface area contributed by atoms with Crippen LogP contribution in [0, 0.1) is 50.2 Å². The molecule has 39 heavy (non-hydrogen) atoms. The lowest BCUT2D eigenvalue weighted by Crippen LogP contribution is -2.64. The SMILES string of the molecule is CC(=O)OCC[C@]12CCC(C)(C)CC1C1=CC[C@@H]3[C@@]4(C)CC[C@H](OC(C)=O)C(C)(C)[C@@H]4CC[C@@]3(C)[C@]1(C)CC2. The molecule has 0 aromatic carbocycles. The third-order valence-corrected chi connectivity index (χ3v) is 14.0. The second-order valence-corrected chi connectivity index (χ2v) is 16.6. The molecular formula is C35H56O4. The number of carbonyl (C=O) groups excluding carboxylic acids is 2. The molecule has 4 fully saturated rings. The smallest absolute Gasteiger partial charge is 0.302 e. The summed E-state index contributed by atoms with van der Waals surface area (Å²) in [5.74, 6) is 1.53. The predicted molar refractivity (Wildman–Crippen MR) is 156 cm³/mol. The van der Waals surface area contributed by atoms with Crippen molar-refractivity contribution in [2.45, 2.75) is 139 Å². The molecule has 4 nitrogen and oxygen atoms in total. The van der Waals surface area contributed by atoms with Crippen molar-refractivity contribution in [1.82, 2.24) is 0 Å². The summed E-state index contributed by atoms with van der Waals surface area (Å²) in [5, 5.41) is 0. The fourth-order valence-electron chi connectivity index (χ4n) is 11.6. The highest BCUT2D eigenvalue weighted by molar-refractivity contribution is 5.66. The van der Waals surface area contributed by atoms with Crippen LogP contribution in [-0.4, -0.2) is 24.6 Å². The maximum Gasteiger partial charge on any atom is 0.302 e. The molecule has 5 rings (SSSR count). The molecule has 0 saturated heterocycles. The first-order valence-electron chi connectivity index (χ1n) is 16.0. The van der Waals surface area contributed by atoms with Crippen LogP contribution in [0.5, 0.6) is 0 Å². The van der Waals surface area contributed by atoms with Gasteiger partial charge in [0, 0.05) is 19.3 Å². The van der Waals surface area contributed by atoms with Gasteiger partial charge in [-0.3, -0.25) is 9.59 Å². The summed E-state index contributed by atoms with van der Waals surface area (Å²) in [6, 6.07) is 0. The van der Waals surface area contributed by atoms with Crippen molar-refractivity contribution in [3.63, 3.8) is 0 Å². The van der Waals surface area contributed by atoms with Gasteiger partial charge in [0.25, 0.3) is 0 Å². The summed E-state index contributed by atoms with van der Waals surface area (Å²) >= 11 is 0. The summed E-state index contributed by atoms with van der Waals surface area (Å²) in [5.41, 5.74) is 3.13. The predicted octanol–water partition coefficient (Wildman–Crippen LogP) is 8.67. The van der Waals surface area contributed by atoms with Gasteiger partial charge >= 0.3 is 11.9 Å². The summed E-state index contributed by atoms with van der Waals surface area (Å²) < 4.78 is 11.5. The first-order valence-corrected chi connectivity index (χ1v) is 16.0. The maximum atomic E-state index is 11.9. The molecule has 4 heteroatoms. The Bertz CT molecular complexity index is 1040. The van der Waals surface area contributed by atoms with E-state index in [0.717, 1.165) is 19.3 Å². The fraction of sp³-hybridized carbons (Fsp3) is 0.886. The van der Waals surface area contributed by atoms with Crippen molar-refractivity contribution in [3.05, 3.63) is 11.6 Å². The number of ether oxygens (including phenoxy) is 2. The molecule has 0 spiro atoms. The van der Waals surface area contributed by atoms with Crippen LogP contribution >= 0.6 is 0 Å². The normalized spacial score (nSPS) is 45.9. The molecule has 0 aromatic rings. The van der Waals surface area contributed by atoms with E-state index in [2.05, 4.69) is 54.5 Å². The zero-order valence-corrected chi connectivity index (χ0v) is 26.5. The van der Waals surface area contributed by atoms with E-state index in [1.54, 1.807) is 19.4 Å². The van der Waals surface area contributed by atoms with Crippen molar-refractivity contribution >= 4 is 11.9 Å². The Hall–Kier alpha value is -1.32. The van der Waals surface area contributed by atoms with Gasteiger partial charge in [0.2, 0.25) is 0 Å². The molecule has 4 saturated carbocycles. The highest BCUT2D eigenvalue weighted by Crippen LogP contribution is 2.76. The number of allylic oxidation sites excluding steroid dienone is 2. The Balaban J connectivity index is 1.50. The van der Waals surface area contributed by atoms with Crippen molar-refractivity contribution in [3.8, 4) is 0 Å². The third kappa shape index (κ3) is 4.35. The van der Waals surface area contributed by atoms with E-state index in [4.69, 9.17) is 9.47 Å². The Morgan fingerprint density at radius 2 is 1.54 bits per heavy atom. The van der Waals surface area contributed by atoms with Gasteiger partial charge in [0.15, 0.2) is 0 Å². The Labute approximate surface area is 238 Å². The van der Waals surface area contributed by atoms with Crippen LogP contribution in [0.3, 0.4) is 0 Å². The average molecular weight is 541 g/mol. The number of hydrogen-bond donors (Lipinski definition) is 0. The largest absolute Gasteiger partial charge is 0.466 e. The van der Waals surface area contributed by atoms with Gasteiger partial charge in [-0.05, 0) is 115 Å². The lowest BCUT2D eigenvalue weighted by molar-refractivity contribution is -0.212. The molecule has 0 N–H and O–H groups in total. The van der Waals surface area contributed by atoms with E-state index >= 15 is 0 Å². The summed E-state index contributed by atoms with van der Waals surface area (Å²) in [4.78, 5) is 23.6. The van der Waals surface area contributed by atoms with E-state index < -0.39 is 0 Å². The minimum Gasteiger partial charge on any atom is -0.466 e. The average Bonchev–Trinajstić information content (AvgIpc) is 2.81. The second kappa shape index (κ2) is 9.35. The highest BCUT2D eigenvalue weighted by atomic mass is 16.5. The van der Waals surface area contributed by atoms with E-state index in [0.29, 0.717) is 29.8 Å². The Morgan fingerprint density at radius 3 is 2.21 bits per heavy atom. The van der Waals surface area contributed by atoms with Crippen LogP contribution < -0.4 is 0 Å². The topological polar surface area (TPSA) is 52.6 Å². The number of esters is 2. The van der Waals surface area contributed by atoms with Crippen molar-refractivity contribution < 1.29 is 19.1 Å². The fourth-order valence-corrected chi connectivity index (χ4v) is 11.6. The van der Waals surface area contributed by atoms with Crippen LogP contribution in [0.15, 0.2) is 11.6 Å². The van der Waals surface area contributed by atoms with Gasteiger partial charge < -0.3 is 9.47 Å². The summed E-state index contributed by atoms with van der Waals surface area (Å²) in [6.45, 7) is 21.3. The quantitative estimate of drug-likeness (QED) is 0.264. The molecule has 8 atom stereocenters. The Kier molecular flexibility index (Phi) is 6.99. The first kappa shape index (κ1) is 29.2. The molecule has 0 bridgehead atoms. The minimum absolute atomic E-state index is 0.00325. The van der Waals surface area contributed by atoms with E-state index in [9.17, 15) is 9.59 Å². The van der Waals surface area contributed by atoms with Gasteiger partial charge in [-0.2, -0.15) is 0 Å². The molecule has 0 heterocycles. The molecule has 220 valence electrons. The van der Waals surface area contributed by atoms with E-state index in [1.165, 1.54) is 51.4 Å². The monoisotopic (exact) mass is 540 g/mol. The molecule has 0 aromatic heterocycles. The lowest BCUT2D eigenvalue weighted by atomic mass is 9.33. The number of rotatable bonds is 4. The van der Waals surface area contributed by atoms with Crippen LogP contribution in [0.4, 0.5) is 0 Å². The van der Waals surface area contributed by atoms with Gasteiger partial charge in [-0.1, -0.05) is 60.1 Å². The standard InChI is InChI=1S/C35H56O4/c1-23(36)38-21-20-35-18-16-30(3,4)22-26(35)25-10-11-28-32(7)14-13-29(39-24(2)37)31(5,6)27(32)12-15-34(28,9)33(25,8)17-19-35/h10,26-29H,11-22H2,1-9H3/t26?,27-,28+,29-,32-,33+,34+,35+/m0/s1. The maximum absolute atomic E-state index is 11.9. The Morgan fingerprint density at radius 1 is 0.846 bits per heavy atom. The summed E-state index contributed by atoms with van der Waals surface area (Å²) in [7, 11) is 0. The van der Waals surface area contributed by atoms with Crippen LogP contribution in [-0.2, 0) is 19.1 Å².